The molecule has 1 saturated heterocycles. The Hall–Kier alpha value is -2.85. The summed E-state index contributed by atoms with van der Waals surface area (Å²) in [6.45, 7) is 3.32. The summed E-state index contributed by atoms with van der Waals surface area (Å²) in [6, 6.07) is 26.4. The molecule has 4 heteroatoms. The predicted molar refractivity (Wildman–Crippen MR) is 109 cm³/mol. The number of nitrogen functional groups attached to an aromatic ring is 1. The molecule has 4 rings (SSSR count). The van der Waals surface area contributed by atoms with E-state index in [1.54, 1.807) is 12.1 Å². The van der Waals surface area contributed by atoms with Gasteiger partial charge in [0.1, 0.15) is 5.82 Å². The molecule has 1 heterocycles. The summed E-state index contributed by atoms with van der Waals surface area (Å²) in [5.74, 6) is -0.244. The van der Waals surface area contributed by atoms with Crippen molar-refractivity contribution in [1.29, 1.82) is 0 Å². The van der Waals surface area contributed by atoms with Gasteiger partial charge in [-0.2, -0.15) is 0 Å². The van der Waals surface area contributed by atoms with Gasteiger partial charge in [0, 0.05) is 31.9 Å². The van der Waals surface area contributed by atoms with E-state index in [1.807, 2.05) is 12.1 Å². The molecule has 0 atom stereocenters. The summed E-state index contributed by atoms with van der Waals surface area (Å²) in [6.07, 6.45) is 0. The fraction of sp³-hybridized carbons (Fsp3) is 0.217. The van der Waals surface area contributed by atoms with E-state index in [0.717, 1.165) is 26.2 Å². The monoisotopic (exact) mass is 361 g/mol. The van der Waals surface area contributed by atoms with E-state index >= 15 is 0 Å². The zero-order chi connectivity index (χ0) is 18.6. The number of hydrogen-bond donors (Lipinski definition) is 1. The van der Waals surface area contributed by atoms with Gasteiger partial charge < -0.3 is 10.6 Å². The van der Waals surface area contributed by atoms with Crippen LogP contribution in [0.1, 0.15) is 17.2 Å². The number of rotatable bonds is 4. The topological polar surface area (TPSA) is 32.5 Å². The molecule has 0 amide bonds. The van der Waals surface area contributed by atoms with Crippen LogP contribution >= 0.6 is 0 Å². The molecule has 1 aliphatic rings. The minimum absolute atomic E-state index is 0.214. The van der Waals surface area contributed by atoms with Crippen LogP contribution in [0, 0.1) is 5.82 Å². The normalized spacial score (nSPS) is 15.3. The average molecular weight is 361 g/mol. The van der Waals surface area contributed by atoms with E-state index in [-0.39, 0.29) is 11.9 Å². The van der Waals surface area contributed by atoms with Crippen LogP contribution in [0.3, 0.4) is 0 Å². The van der Waals surface area contributed by atoms with Gasteiger partial charge in [-0.3, -0.25) is 4.90 Å². The minimum atomic E-state index is -0.244. The molecule has 27 heavy (non-hydrogen) atoms. The molecule has 1 aliphatic heterocycles. The Balaban J connectivity index is 1.55. The van der Waals surface area contributed by atoms with Gasteiger partial charge in [-0.25, -0.2) is 4.39 Å². The number of benzene rings is 3. The van der Waals surface area contributed by atoms with Gasteiger partial charge in [0.05, 0.1) is 11.7 Å². The first kappa shape index (κ1) is 17.6. The number of anilines is 2. The van der Waals surface area contributed by atoms with Crippen molar-refractivity contribution in [3.63, 3.8) is 0 Å². The molecule has 2 N–H and O–H groups in total. The van der Waals surface area contributed by atoms with E-state index in [0.29, 0.717) is 11.4 Å². The molecule has 0 unspecified atom stereocenters. The Kier molecular flexibility index (Phi) is 5.07. The lowest BCUT2D eigenvalue weighted by Gasteiger charge is -2.40. The number of piperazine rings is 1. The summed E-state index contributed by atoms with van der Waals surface area (Å²) in [4.78, 5) is 4.59. The van der Waals surface area contributed by atoms with Crippen LogP contribution in [0.4, 0.5) is 15.8 Å². The fourth-order valence-electron chi connectivity index (χ4n) is 3.89. The fourth-order valence-corrected chi connectivity index (χ4v) is 3.89. The minimum Gasteiger partial charge on any atom is -0.399 e. The third-order valence-electron chi connectivity index (χ3n) is 5.22. The number of hydrogen-bond acceptors (Lipinski definition) is 3. The molecule has 0 spiro atoms. The number of nitrogens with two attached hydrogens (primary N) is 1. The van der Waals surface area contributed by atoms with Gasteiger partial charge >= 0.3 is 0 Å². The standard InChI is InChI=1S/C23H24FN3/c24-21-17-20(25)11-12-22(21)26-13-15-27(16-14-26)23(18-7-3-1-4-8-18)19-9-5-2-6-10-19/h1-12,17,23H,13-16,25H2. The highest BCUT2D eigenvalue weighted by Gasteiger charge is 2.27. The van der Waals surface area contributed by atoms with Gasteiger partial charge in [-0.1, -0.05) is 60.7 Å². The van der Waals surface area contributed by atoms with Crippen molar-refractivity contribution in [2.45, 2.75) is 6.04 Å². The summed E-state index contributed by atoms with van der Waals surface area (Å²) in [7, 11) is 0. The third kappa shape index (κ3) is 3.81. The molecular weight excluding hydrogens is 337 g/mol. The molecule has 0 bridgehead atoms. The lowest BCUT2D eigenvalue weighted by Crippen LogP contribution is -2.48. The highest BCUT2D eigenvalue weighted by molar-refractivity contribution is 5.54. The van der Waals surface area contributed by atoms with Gasteiger partial charge in [0.15, 0.2) is 0 Å². The van der Waals surface area contributed by atoms with Gasteiger partial charge in [0.2, 0.25) is 0 Å². The van der Waals surface area contributed by atoms with Gasteiger partial charge in [-0.05, 0) is 29.3 Å². The second kappa shape index (κ2) is 7.80. The average Bonchev–Trinajstić information content (AvgIpc) is 2.71. The molecule has 3 aromatic carbocycles. The SMILES string of the molecule is Nc1ccc(N2CCN(C(c3ccccc3)c3ccccc3)CC2)c(F)c1. The zero-order valence-electron chi connectivity index (χ0n) is 15.3. The van der Waals surface area contributed by atoms with Crippen LogP contribution in [0.2, 0.25) is 0 Å². The van der Waals surface area contributed by atoms with E-state index in [2.05, 4.69) is 58.3 Å². The van der Waals surface area contributed by atoms with E-state index in [9.17, 15) is 4.39 Å². The first-order valence-electron chi connectivity index (χ1n) is 9.36. The van der Waals surface area contributed by atoms with Gasteiger partial charge in [-0.15, -0.1) is 0 Å². The molecule has 1 fully saturated rings. The summed E-state index contributed by atoms with van der Waals surface area (Å²) >= 11 is 0. The van der Waals surface area contributed by atoms with Crippen LogP contribution in [0.5, 0.6) is 0 Å². The molecule has 0 radical (unpaired) electrons. The van der Waals surface area contributed by atoms with Gasteiger partial charge in [0.25, 0.3) is 0 Å². The Morgan fingerprint density at radius 1 is 0.741 bits per heavy atom. The Bertz CT molecular complexity index is 835. The second-order valence-electron chi connectivity index (χ2n) is 6.96. The lowest BCUT2D eigenvalue weighted by atomic mass is 9.96. The van der Waals surface area contributed by atoms with Crippen LogP contribution in [-0.4, -0.2) is 31.1 Å². The van der Waals surface area contributed by atoms with E-state index in [4.69, 9.17) is 5.73 Å². The van der Waals surface area contributed by atoms with E-state index in [1.165, 1.54) is 17.2 Å². The van der Waals surface area contributed by atoms with Crippen molar-refractivity contribution in [2.75, 3.05) is 36.8 Å². The molecule has 0 aliphatic carbocycles. The Labute approximate surface area is 159 Å². The second-order valence-corrected chi connectivity index (χ2v) is 6.96. The molecule has 0 saturated carbocycles. The Morgan fingerprint density at radius 3 is 1.81 bits per heavy atom. The highest BCUT2D eigenvalue weighted by atomic mass is 19.1. The van der Waals surface area contributed by atoms with Crippen molar-refractivity contribution >= 4 is 11.4 Å². The molecular formula is C23H24FN3. The third-order valence-corrected chi connectivity index (χ3v) is 5.22. The van der Waals surface area contributed by atoms with Crippen LogP contribution in [0.15, 0.2) is 78.9 Å². The summed E-state index contributed by atoms with van der Waals surface area (Å²) in [5, 5.41) is 0. The maximum atomic E-state index is 14.3. The largest absolute Gasteiger partial charge is 0.399 e. The number of halogens is 1. The first-order chi connectivity index (χ1) is 13.2. The van der Waals surface area contributed by atoms with Crippen LogP contribution in [0.25, 0.3) is 0 Å². The van der Waals surface area contributed by atoms with Crippen molar-refractivity contribution < 1.29 is 4.39 Å². The van der Waals surface area contributed by atoms with Crippen molar-refractivity contribution in [1.82, 2.24) is 4.90 Å². The van der Waals surface area contributed by atoms with Crippen LogP contribution in [-0.2, 0) is 0 Å². The summed E-state index contributed by atoms with van der Waals surface area (Å²) in [5.41, 5.74) is 9.36. The van der Waals surface area contributed by atoms with Crippen molar-refractivity contribution in [3.05, 3.63) is 95.8 Å². The lowest BCUT2D eigenvalue weighted by molar-refractivity contribution is 0.212. The first-order valence-corrected chi connectivity index (χ1v) is 9.36. The molecule has 3 nitrogen and oxygen atoms in total. The smallest absolute Gasteiger partial charge is 0.148 e. The van der Waals surface area contributed by atoms with Crippen molar-refractivity contribution in [2.24, 2.45) is 0 Å². The number of nitrogens with zero attached hydrogens (tertiary/aromatic N) is 2. The maximum absolute atomic E-state index is 14.3. The van der Waals surface area contributed by atoms with Crippen molar-refractivity contribution in [3.8, 4) is 0 Å². The van der Waals surface area contributed by atoms with E-state index < -0.39 is 0 Å². The maximum Gasteiger partial charge on any atom is 0.148 e. The van der Waals surface area contributed by atoms with Crippen LogP contribution < -0.4 is 10.6 Å². The molecule has 0 aromatic heterocycles. The molecule has 138 valence electrons. The summed E-state index contributed by atoms with van der Waals surface area (Å²) < 4.78 is 14.3. The highest BCUT2D eigenvalue weighted by Crippen LogP contribution is 2.31. The zero-order valence-corrected chi connectivity index (χ0v) is 15.3. The Morgan fingerprint density at radius 2 is 1.30 bits per heavy atom. The molecule has 3 aromatic rings. The quantitative estimate of drug-likeness (QED) is 0.703. The predicted octanol–water partition coefficient (Wildman–Crippen LogP) is 4.32.